The first-order valence-electron chi connectivity index (χ1n) is 4.83. The summed E-state index contributed by atoms with van der Waals surface area (Å²) >= 11 is 0. The minimum Gasteiger partial charge on any atom is -0.468 e. The number of methoxy groups -OCH3 is 1. The second-order valence-corrected chi connectivity index (χ2v) is 3.69. The Morgan fingerprint density at radius 3 is 2.67 bits per heavy atom. The van der Waals surface area contributed by atoms with E-state index in [0.717, 1.165) is 0 Å². The summed E-state index contributed by atoms with van der Waals surface area (Å²) in [5.74, 6) is -0.484. The molecule has 0 bridgehead atoms. The number of carbonyl (C=O) groups excluding carboxylic acids is 1. The largest absolute Gasteiger partial charge is 0.468 e. The summed E-state index contributed by atoms with van der Waals surface area (Å²) < 4.78 is 40.8. The van der Waals surface area contributed by atoms with E-state index in [1.807, 2.05) is 0 Å². The lowest BCUT2D eigenvalue weighted by atomic mass is 9.96. The molecule has 2 unspecified atom stereocenters. The second kappa shape index (κ2) is 4.83. The molecule has 0 aromatic carbocycles. The van der Waals surface area contributed by atoms with E-state index < -0.39 is 30.7 Å². The molecule has 88 valence electrons. The summed E-state index contributed by atoms with van der Waals surface area (Å²) in [5.41, 5.74) is 0. The van der Waals surface area contributed by atoms with E-state index in [-0.39, 0.29) is 0 Å². The molecule has 1 aliphatic rings. The number of hydrogen-bond donors (Lipinski definition) is 1. The van der Waals surface area contributed by atoms with Gasteiger partial charge in [-0.25, -0.2) is 0 Å². The van der Waals surface area contributed by atoms with Crippen LogP contribution in [0.1, 0.15) is 25.7 Å². The molecular weight excluding hydrogens is 211 g/mol. The predicted molar refractivity (Wildman–Crippen MR) is 47.3 cm³/mol. The molecule has 1 saturated heterocycles. The number of halogens is 3. The first-order valence-corrected chi connectivity index (χ1v) is 4.83. The van der Waals surface area contributed by atoms with Gasteiger partial charge in [0.2, 0.25) is 0 Å². The van der Waals surface area contributed by atoms with E-state index in [9.17, 15) is 18.0 Å². The van der Waals surface area contributed by atoms with Gasteiger partial charge in [0.1, 0.15) is 6.04 Å². The molecule has 15 heavy (non-hydrogen) atoms. The zero-order valence-corrected chi connectivity index (χ0v) is 8.43. The van der Waals surface area contributed by atoms with Gasteiger partial charge in [-0.2, -0.15) is 13.2 Å². The van der Waals surface area contributed by atoms with Crippen molar-refractivity contribution >= 4 is 5.97 Å². The Labute approximate surface area is 86.0 Å². The number of rotatable bonds is 2. The third kappa shape index (κ3) is 4.07. The summed E-state index contributed by atoms with van der Waals surface area (Å²) in [5, 5.41) is 2.67. The van der Waals surface area contributed by atoms with Crippen LogP contribution in [0.4, 0.5) is 13.2 Å². The van der Waals surface area contributed by atoms with Gasteiger partial charge in [0, 0.05) is 6.04 Å². The van der Waals surface area contributed by atoms with Crippen LogP contribution in [0.5, 0.6) is 0 Å². The van der Waals surface area contributed by atoms with Crippen LogP contribution in [-0.4, -0.2) is 31.3 Å². The number of hydrogen-bond acceptors (Lipinski definition) is 3. The average molecular weight is 225 g/mol. The van der Waals surface area contributed by atoms with Crippen molar-refractivity contribution in [1.29, 1.82) is 0 Å². The quantitative estimate of drug-likeness (QED) is 0.726. The Morgan fingerprint density at radius 1 is 1.47 bits per heavy atom. The molecule has 1 heterocycles. The highest BCUT2D eigenvalue weighted by molar-refractivity contribution is 5.75. The molecule has 0 aromatic rings. The zero-order chi connectivity index (χ0) is 11.5. The number of carbonyl (C=O) groups is 1. The fraction of sp³-hybridized carbons (Fsp3) is 0.889. The molecule has 1 aliphatic heterocycles. The number of alkyl halides is 3. The molecule has 1 rings (SSSR count). The Balaban J connectivity index is 2.46. The third-order valence-corrected chi connectivity index (χ3v) is 2.45. The predicted octanol–water partition coefficient (Wildman–Crippen LogP) is 1.62. The van der Waals surface area contributed by atoms with E-state index in [2.05, 4.69) is 10.1 Å². The van der Waals surface area contributed by atoms with Crippen LogP contribution < -0.4 is 5.32 Å². The number of piperidine rings is 1. The maximum absolute atomic E-state index is 12.1. The van der Waals surface area contributed by atoms with Gasteiger partial charge in [-0.3, -0.25) is 4.79 Å². The lowest BCUT2D eigenvalue weighted by Crippen LogP contribution is -2.48. The summed E-state index contributed by atoms with van der Waals surface area (Å²) in [6, 6.07) is -1.25. The van der Waals surface area contributed by atoms with Gasteiger partial charge in [0.25, 0.3) is 0 Å². The fourth-order valence-corrected chi connectivity index (χ4v) is 1.79. The van der Waals surface area contributed by atoms with Gasteiger partial charge in [-0.05, 0) is 19.3 Å². The van der Waals surface area contributed by atoms with Crippen molar-refractivity contribution in [2.75, 3.05) is 7.11 Å². The lowest BCUT2D eigenvalue weighted by Gasteiger charge is -2.29. The second-order valence-electron chi connectivity index (χ2n) is 3.69. The Hall–Kier alpha value is -0.780. The summed E-state index contributed by atoms with van der Waals surface area (Å²) in [6.45, 7) is 0. The molecule has 3 nitrogen and oxygen atoms in total. The van der Waals surface area contributed by atoms with Crippen molar-refractivity contribution in [2.24, 2.45) is 0 Å². The zero-order valence-electron chi connectivity index (χ0n) is 8.43. The van der Waals surface area contributed by atoms with Crippen LogP contribution in [0.3, 0.4) is 0 Å². The molecule has 6 heteroatoms. The van der Waals surface area contributed by atoms with Crippen molar-refractivity contribution in [3.05, 3.63) is 0 Å². The minimum atomic E-state index is -4.18. The average Bonchev–Trinajstić information content (AvgIpc) is 2.14. The van der Waals surface area contributed by atoms with E-state index >= 15 is 0 Å². The van der Waals surface area contributed by atoms with Crippen molar-refractivity contribution in [3.8, 4) is 0 Å². The molecule has 0 saturated carbocycles. The topological polar surface area (TPSA) is 38.3 Å². The van der Waals surface area contributed by atoms with E-state index in [0.29, 0.717) is 19.3 Å². The third-order valence-electron chi connectivity index (χ3n) is 2.45. The monoisotopic (exact) mass is 225 g/mol. The van der Waals surface area contributed by atoms with Gasteiger partial charge in [-0.15, -0.1) is 0 Å². The van der Waals surface area contributed by atoms with Crippen LogP contribution >= 0.6 is 0 Å². The van der Waals surface area contributed by atoms with Gasteiger partial charge in [0.05, 0.1) is 13.5 Å². The molecule has 0 spiro atoms. The van der Waals surface area contributed by atoms with Gasteiger partial charge in [-0.1, -0.05) is 0 Å². The molecule has 2 atom stereocenters. The summed E-state index contributed by atoms with van der Waals surface area (Å²) in [6.07, 6.45) is -3.46. The minimum absolute atomic E-state index is 0.451. The SMILES string of the molecule is COC(=O)C1CCCC(CC(F)(F)F)N1. The molecule has 0 aliphatic carbocycles. The van der Waals surface area contributed by atoms with Crippen LogP contribution in [0.25, 0.3) is 0 Å². The number of nitrogens with one attached hydrogen (secondary N) is 1. The maximum atomic E-state index is 12.1. The normalized spacial score (nSPS) is 27.5. The highest BCUT2D eigenvalue weighted by Gasteiger charge is 2.35. The standard InChI is InChI=1S/C9H14F3NO2/c1-15-8(14)7-4-2-3-6(13-7)5-9(10,11)12/h6-7,13H,2-5H2,1H3. The molecule has 0 radical (unpaired) electrons. The van der Waals surface area contributed by atoms with Gasteiger partial charge < -0.3 is 10.1 Å². The smallest absolute Gasteiger partial charge is 0.390 e. The molecular formula is C9H14F3NO2. The van der Waals surface area contributed by atoms with Crippen LogP contribution in [0.15, 0.2) is 0 Å². The maximum Gasteiger partial charge on any atom is 0.390 e. The van der Waals surface area contributed by atoms with E-state index in [4.69, 9.17) is 0 Å². The lowest BCUT2D eigenvalue weighted by molar-refractivity contribution is -0.150. The fourth-order valence-electron chi connectivity index (χ4n) is 1.79. The van der Waals surface area contributed by atoms with Gasteiger partial charge in [0.15, 0.2) is 0 Å². The summed E-state index contributed by atoms with van der Waals surface area (Å²) in [4.78, 5) is 11.1. The first-order chi connectivity index (χ1) is 6.92. The highest BCUT2D eigenvalue weighted by atomic mass is 19.4. The van der Waals surface area contributed by atoms with Crippen LogP contribution in [0.2, 0.25) is 0 Å². The Kier molecular flexibility index (Phi) is 3.96. The molecule has 1 fully saturated rings. The van der Waals surface area contributed by atoms with Crippen molar-refractivity contribution < 1.29 is 22.7 Å². The van der Waals surface area contributed by atoms with E-state index in [1.54, 1.807) is 0 Å². The van der Waals surface area contributed by atoms with Crippen molar-refractivity contribution in [3.63, 3.8) is 0 Å². The number of ether oxygens (including phenoxy) is 1. The van der Waals surface area contributed by atoms with Crippen molar-refractivity contribution in [2.45, 2.75) is 43.9 Å². The highest BCUT2D eigenvalue weighted by Crippen LogP contribution is 2.26. The molecule has 0 amide bonds. The van der Waals surface area contributed by atoms with Crippen LogP contribution in [-0.2, 0) is 9.53 Å². The molecule has 0 aromatic heterocycles. The number of esters is 1. The Bertz CT molecular complexity index is 230. The van der Waals surface area contributed by atoms with Crippen LogP contribution in [0, 0.1) is 0 Å². The molecule has 1 N–H and O–H groups in total. The van der Waals surface area contributed by atoms with Crippen molar-refractivity contribution in [1.82, 2.24) is 5.32 Å². The van der Waals surface area contributed by atoms with Gasteiger partial charge >= 0.3 is 12.1 Å². The first kappa shape index (κ1) is 12.3. The summed E-state index contributed by atoms with van der Waals surface area (Å²) in [7, 11) is 1.23. The Morgan fingerprint density at radius 2 is 2.13 bits per heavy atom. The van der Waals surface area contributed by atoms with E-state index in [1.165, 1.54) is 7.11 Å².